The summed E-state index contributed by atoms with van der Waals surface area (Å²) < 4.78 is 0. The molecule has 1 N–H and O–H groups in total. The van der Waals surface area contributed by atoms with Gasteiger partial charge in [-0.1, -0.05) is 23.3 Å². The van der Waals surface area contributed by atoms with Gasteiger partial charge in [-0.2, -0.15) is 0 Å². The minimum absolute atomic E-state index is 0.818. The number of hydrogen-bond donors (Lipinski definition) is 1. The van der Waals surface area contributed by atoms with E-state index in [1.165, 1.54) is 42.0 Å². The lowest BCUT2D eigenvalue weighted by molar-refractivity contribution is 0.531. The third-order valence-electron chi connectivity index (χ3n) is 2.58. The third-order valence-corrected chi connectivity index (χ3v) is 3.91. The van der Waals surface area contributed by atoms with Crippen LogP contribution in [0.4, 0.5) is 0 Å². The predicted molar refractivity (Wildman–Crippen MR) is 83.4 cm³/mol. The van der Waals surface area contributed by atoms with Crippen molar-refractivity contribution in [2.75, 3.05) is 13.1 Å². The van der Waals surface area contributed by atoms with E-state index in [0.717, 1.165) is 5.25 Å². The molecule has 1 fully saturated rings. The van der Waals surface area contributed by atoms with Gasteiger partial charge in [0.2, 0.25) is 0 Å². The van der Waals surface area contributed by atoms with Gasteiger partial charge in [0.1, 0.15) is 0 Å². The Morgan fingerprint density at radius 3 is 2.44 bits per heavy atom. The molecule has 0 aromatic heterocycles. The smallest absolute Gasteiger partial charge is 0.0118 e. The number of hydrogen-bond acceptors (Lipinski definition) is 2. The van der Waals surface area contributed by atoms with Gasteiger partial charge in [0.15, 0.2) is 0 Å². The van der Waals surface area contributed by atoms with Crippen LogP contribution in [0.3, 0.4) is 0 Å². The van der Waals surface area contributed by atoms with Gasteiger partial charge in [-0.15, -0.1) is 18.3 Å². The van der Waals surface area contributed by atoms with Crippen LogP contribution in [0.1, 0.15) is 32.3 Å². The molecule has 0 amide bonds. The highest BCUT2D eigenvalue weighted by molar-refractivity contribution is 8.00. The molecule has 1 saturated heterocycles. The zero-order valence-corrected chi connectivity index (χ0v) is 12.6. The number of allylic oxidation sites excluding steroid dienone is 1. The molecule has 1 aromatic carbocycles. The van der Waals surface area contributed by atoms with Crippen LogP contribution in [0.5, 0.6) is 0 Å². The summed E-state index contributed by atoms with van der Waals surface area (Å²) in [5.74, 6) is 0. The second-order valence-electron chi connectivity index (χ2n) is 5.09. The highest BCUT2D eigenvalue weighted by Gasteiger charge is 2.13. The molecule has 1 aliphatic rings. The Bertz CT molecular complexity index is 363. The average Bonchev–Trinajstić information content (AvgIpc) is 2.29. The Kier molecular flexibility index (Phi) is 7.14. The maximum Gasteiger partial charge on any atom is 0.0118 e. The SMILES string of the molecule is C=C(C)C.Cc1cccc(SC2CCNCC2)c1. The van der Waals surface area contributed by atoms with Crippen LogP contribution in [0, 0.1) is 6.92 Å². The first-order valence-electron chi connectivity index (χ1n) is 6.64. The molecule has 0 unspecified atom stereocenters. The summed E-state index contributed by atoms with van der Waals surface area (Å²) in [5, 5.41) is 4.22. The molecular formula is C16H25NS. The molecule has 1 aliphatic heterocycles. The van der Waals surface area contributed by atoms with E-state index in [-0.39, 0.29) is 0 Å². The molecule has 0 bridgehead atoms. The van der Waals surface area contributed by atoms with Crippen LogP contribution in [-0.2, 0) is 0 Å². The van der Waals surface area contributed by atoms with Crippen LogP contribution in [0.25, 0.3) is 0 Å². The molecule has 2 heteroatoms. The van der Waals surface area contributed by atoms with Crippen molar-refractivity contribution in [3.05, 3.63) is 42.0 Å². The first kappa shape index (κ1) is 15.3. The van der Waals surface area contributed by atoms with Gasteiger partial charge in [0, 0.05) is 10.1 Å². The van der Waals surface area contributed by atoms with E-state index in [4.69, 9.17) is 0 Å². The number of thioether (sulfide) groups is 1. The quantitative estimate of drug-likeness (QED) is 0.793. The molecule has 18 heavy (non-hydrogen) atoms. The van der Waals surface area contributed by atoms with E-state index in [9.17, 15) is 0 Å². The normalized spacial score (nSPS) is 15.7. The van der Waals surface area contributed by atoms with Gasteiger partial charge >= 0.3 is 0 Å². The lowest BCUT2D eigenvalue weighted by atomic mass is 10.2. The van der Waals surface area contributed by atoms with Crippen molar-refractivity contribution in [2.24, 2.45) is 0 Å². The van der Waals surface area contributed by atoms with Crippen molar-refractivity contribution in [1.29, 1.82) is 0 Å². The predicted octanol–water partition coefficient (Wildman–Crippen LogP) is 4.42. The Hall–Kier alpha value is -0.730. The number of benzene rings is 1. The summed E-state index contributed by atoms with van der Waals surface area (Å²) in [5.41, 5.74) is 2.53. The Morgan fingerprint density at radius 1 is 1.28 bits per heavy atom. The van der Waals surface area contributed by atoms with Gasteiger partial charge in [-0.3, -0.25) is 0 Å². The van der Waals surface area contributed by atoms with E-state index in [1.807, 2.05) is 25.6 Å². The minimum Gasteiger partial charge on any atom is -0.317 e. The maximum absolute atomic E-state index is 3.56. The lowest BCUT2D eigenvalue weighted by Gasteiger charge is -2.22. The molecule has 1 heterocycles. The molecule has 0 saturated carbocycles. The standard InChI is InChI=1S/C12H17NS.C4H8/c1-10-3-2-4-12(9-10)14-11-5-7-13-8-6-11;1-4(2)3/h2-4,9,11,13H,5-8H2,1H3;1H2,2-3H3. The molecule has 100 valence electrons. The molecule has 0 atom stereocenters. The summed E-state index contributed by atoms with van der Waals surface area (Å²) in [7, 11) is 0. The zero-order valence-electron chi connectivity index (χ0n) is 11.8. The molecule has 1 aromatic rings. The van der Waals surface area contributed by atoms with Crippen molar-refractivity contribution in [3.63, 3.8) is 0 Å². The average molecular weight is 263 g/mol. The Labute approximate surface area is 116 Å². The van der Waals surface area contributed by atoms with E-state index in [0.29, 0.717) is 0 Å². The summed E-state index contributed by atoms with van der Waals surface area (Å²) in [6, 6.07) is 8.82. The lowest BCUT2D eigenvalue weighted by Crippen LogP contribution is -2.29. The van der Waals surface area contributed by atoms with Crippen molar-refractivity contribution >= 4 is 11.8 Å². The largest absolute Gasteiger partial charge is 0.317 e. The van der Waals surface area contributed by atoms with Gasteiger partial charge in [0.05, 0.1) is 0 Å². The fourth-order valence-corrected chi connectivity index (χ4v) is 3.06. The summed E-state index contributed by atoms with van der Waals surface area (Å²) in [6.45, 7) is 12.0. The van der Waals surface area contributed by atoms with Crippen molar-refractivity contribution < 1.29 is 0 Å². The third kappa shape index (κ3) is 6.87. The van der Waals surface area contributed by atoms with Crippen molar-refractivity contribution in [3.8, 4) is 0 Å². The topological polar surface area (TPSA) is 12.0 Å². The first-order valence-corrected chi connectivity index (χ1v) is 7.52. The van der Waals surface area contributed by atoms with Crippen LogP contribution in [0.2, 0.25) is 0 Å². The summed E-state index contributed by atoms with van der Waals surface area (Å²) in [6.07, 6.45) is 2.61. The van der Waals surface area contributed by atoms with Crippen LogP contribution in [0.15, 0.2) is 41.3 Å². The van der Waals surface area contributed by atoms with Gasteiger partial charge in [-0.05, 0) is 58.8 Å². The van der Waals surface area contributed by atoms with Gasteiger partial charge < -0.3 is 5.32 Å². The molecule has 1 nitrogen and oxygen atoms in total. The number of nitrogens with one attached hydrogen (secondary N) is 1. The monoisotopic (exact) mass is 263 g/mol. The Balaban J connectivity index is 0.000000357. The number of aryl methyl sites for hydroxylation is 1. The fourth-order valence-electron chi connectivity index (χ4n) is 1.79. The van der Waals surface area contributed by atoms with Crippen LogP contribution in [-0.4, -0.2) is 18.3 Å². The van der Waals surface area contributed by atoms with Crippen LogP contribution < -0.4 is 5.32 Å². The van der Waals surface area contributed by atoms with E-state index < -0.39 is 0 Å². The summed E-state index contributed by atoms with van der Waals surface area (Å²) >= 11 is 2.04. The van der Waals surface area contributed by atoms with E-state index >= 15 is 0 Å². The van der Waals surface area contributed by atoms with Crippen molar-refractivity contribution in [2.45, 2.75) is 43.8 Å². The second-order valence-corrected chi connectivity index (χ2v) is 6.46. The van der Waals surface area contributed by atoms with Crippen LogP contribution >= 0.6 is 11.8 Å². The highest BCUT2D eigenvalue weighted by Crippen LogP contribution is 2.28. The maximum atomic E-state index is 3.56. The molecule has 2 rings (SSSR count). The highest BCUT2D eigenvalue weighted by atomic mass is 32.2. The molecular weight excluding hydrogens is 238 g/mol. The molecule has 0 spiro atoms. The van der Waals surface area contributed by atoms with Gasteiger partial charge in [0.25, 0.3) is 0 Å². The van der Waals surface area contributed by atoms with E-state index in [2.05, 4.69) is 43.1 Å². The van der Waals surface area contributed by atoms with Crippen molar-refractivity contribution in [1.82, 2.24) is 5.32 Å². The van der Waals surface area contributed by atoms with Gasteiger partial charge in [-0.25, -0.2) is 0 Å². The van der Waals surface area contributed by atoms with E-state index in [1.54, 1.807) is 0 Å². The number of rotatable bonds is 2. The molecule has 0 aliphatic carbocycles. The summed E-state index contributed by atoms with van der Waals surface area (Å²) in [4.78, 5) is 1.43. The zero-order chi connectivity index (χ0) is 13.4. The number of piperidine rings is 1. The fraction of sp³-hybridized carbons (Fsp3) is 0.500. The molecule has 0 radical (unpaired) electrons. The minimum atomic E-state index is 0.818. The Morgan fingerprint density at radius 2 is 1.89 bits per heavy atom. The second kappa shape index (κ2) is 8.39. The first-order chi connectivity index (χ1) is 8.58.